The Kier molecular flexibility index (Phi) is 4.57. The lowest BCUT2D eigenvalue weighted by molar-refractivity contribution is -0.127. The van der Waals surface area contributed by atoms with Crippen molar-refractivity contribution in [3.8, 4) is 5.75 Å². The van der Waals surface area contributed by atoms with E-state index < -0.39 is 29.7 Å². The molecule has 1 aliphatic heterocycles. The first-order chi connectivity index (χ1) is 12.3. The summed E-state index contributed by atoms with van der Waals surface area (Å²) >= 11 is 0. The highest BCUT2D eigenvalue weighted by Crippen LogP contribution is 2.34. The van der Waals surface area contributed by atoms with E-state index in [0.717, 1.165) is 0 Å². The van der Waals surface area contributed by atoms with E-state index in [2.05, 4.69) is 5.32 Å². The molecule has 0 bridgehead atoms. The number of rotatable bonds is 4. The summed E-state index contributed by atoms with van der Waals surface area (Å²) in [5, 5.41) is 11.7. The summed E-state index contributed by atoms with van der Waals surface area (Å²) in [6, 6.07) is 9.29. The minimum atomic E-state index is -1.16. The maximum atomic E-state index is 12.9. The van der Waals surface area contributed by atoms with Crippen molar-refractivity contribution in [3.63, 3.8) is 0 Å². The Hall–Kier alpha value is -3.42. The second-order valence-electron chi connectivity index (χ2n) is 5.73. The van der Waals surface area contributed by atoms with Gasteiger partial charge in [0.25, 0.3) is 5.91 Å². The molecule has 2 aromatic rings. The maximum absolute atomic E-state index is 12.9. The van der Waals surface area contributed by atoms with Crippen LogP contribution in [0.3, 0.4) is 0 Å². The minimum Gasteiger partial charge on any atom is -0.479 e. The topological polar surface area (TPSA) is 95.9 Å². The Bertz CT molecular complexity index is 882. The van der Waals surface area contributed by atoms with Crippen LogP contribution in [-0.2, 0) is 9.59 Å². The Labute approximate surface area is 148 Å². The average molecular weight is 358 g/mol. The van der Waals surface area contributed by atoms with Crippen LogP contribution in [0.15, 0.2) is 42.5 Å². The van der Waals surface area contributed by atoms with Gasteiger partial charge in [0.1, 0.15) is 18.1 Å². The molecule has 0 aromatic heterocycles. The summed E-state index contributed by atoms with van der Waals surface area (Å²) in [5.74, 6) is -2.25. The monoisotopic (exact) mass is 358 g/mol. The average Bonchev–Trinajstić information content (AvgIpc) is 2.60. The molecule has 2 N–H and O–H groups in total. The second kappa shape index (κ2) is 6.83. The molecule has 3 rings (SSSR count). The van der Waals surface area contributed by atoms with Crippen molar-refractivity contribution in [3.05, 3.63) is 53.8 Å². The van der Waals surface area contributed by atoms with Crippen molar-refractivity contribution in [1.82, 2.24) is 0 Å². The van der Waals surface area contributed by atoms with Crippen LogP contribution in [-0.4, -0.2) is 35.5 Å². The number of carboxylic acid groups (broad SMARTS) is 1. The van der Waals surface area contributed by atoms with Crippen LogP contribution in [0, 0.1) is 5.82 Å². The van der Waals surface area contributed by atoms with Gasteiger partial charge in [0.05, 0.1) is 11.3 Å². The number of hydrogen-bond acceptors (Lipinski definition) is 4. The fourth-order valence-corrected chi connectivity index (χ4v) is 2.58. The third-order valence-corrected chi connectivity index (χ3v) is 3.84. The van der Waals surface area contributed by atoms with Crippen LogP contribution < -0.4 is 15.0 Å². The van der Waals surface area contributed by atoms with Gasteiger partial charge in [-0.2, -0.15) is 0 Å². The number of ether oxygens (including phenoxy) is 1. The van der Waals surface area contributed by atoms with Crippen LogP contribution >= 0.6 is 0 Å². The fraction of sp³-hybridized carbons (Fsp3) is 0.167. The summed E-state index contributed by atoms with van der Waals surface area (Å²) in [5.41, 5.74) is 0.561. The molecule has 0 saturated heterocycles. The van der Waals surface area contributed by atoms with E-state index in [1.54, 1.807) is 6.92 Å². The summed E-state index contributed by atoms with van der Waals surface area (Å²) in [6.07, 6.45) is -0.809. The molecule has 2 aromatic carbocycles. The number of anilines is 2. The van der Waals surface area contributed by atoms with E-state index in [-0.39, 0.29) is 17.8 Å². The number of carboxylic acids is 1. The number of benzene rings is 2. The van der Waals surface area contributed by atoms with Crippen molar-refractivity contribution in [2.75, 3.05) is 16.8 Å². The maximum Gasteiger partial charge on any atom is 0.335 e. The molecule has 1 atom stereocenters. The van der Waals surface area contributed by atoms with Gasteiger partial charge in [-0.3, -0.25) is 14.5 Å². The van der Waals surface area contributed by atoms with Gasteiger partial charge in [0.2, 0.25) is 5.91 Å². The number of amides is 2. The van der Waals surface area contributed by atoms with E-state index in [1.165, 1.54) is 47.4 Å². The van der Waals surface area contributed by atoms with E-state index in [1.807, 2.05) is 0 Å². The largest absolute Gasteiger partial charge is 0.479 e. The van der Waals surface area contributed by atoms with Crippen LogP contribution in [0.1, 0.15) is 17.3 Å². The first kappa shape index (κ1) is 17.4. The minimum absolute atomic E-state index is 0.0290. The third kappa shape index (κ3) is 3.49. The second-order valence-corrected chi connectivity index (χ2v) is 5.73. The lowest BCUT2D eigenvalue weighted by Crippen LogP contribution is -2.47. The van der Waals surface area contributed by atoms with Gasteiger partial charge in [0, 0.05) is 5.69 Å². The number of carbonyl (C=O) groups is 3. The van der Waals surface area contributed by atoms with Gasteiger partial charge >= 0.3 is 5.97 Å². The molecule has 0 saturated carbocycles. The number of carbonyl (C=O) groups excluding carboxylic acids is 2. The highest BCUT2D eigenvalue weighted by molar-refractivity contribution is 6.06. The number of fused-ring (bicyclic) bond motifs is 1. The van der Waals surface area contributed by atoms with Gasteiger partial charge in [-0.1, -0.05) is 0 Å². The first-order valence-electron chi connectivity index (χ1n) is 7.76. The predicted molar refractivity (Wildman–Crippen MR) is 90.9 cm³/mol. The Balaban J connectivity index is 1.85. The zero-order valence-electron chi connectivity index (χ0n) is 13.7. The van der Waals surface area contributed by atoms with Crippen molar-refractivity contribution in [2.45, 2.75) is 13.0 Å². The molecule has 0 aliphatic carbocycles. The van der Waals surface area contributed by atoms with E-state index in [0.29, 0.717) is 11.4 Å². The third-order valence-electron chi connectivity index (χ3n) is 3.84. The van der Waals surface area contributed by atoms with Gasteiger partial charge < -0.3 is 15.2 Å². The van der Waals surface area contributed by atoms with Crippen LogP contribution in [0.4, 0.5) is 15.8 Å². The standard InChI is InChI=1S/C18H15FN2O5/c1-10-17(23)21(9-16(22)20-13-5-3-12(19)4-6-13)14-8-11(18(24)25)2-7-15(14)26-10/h2-8,10H,9H2,1H3,(H,20,22)(H,24,25). The number of halogens is 1. The first-order valence-corrected chi connectivity index (χ1v) is 7.76. The fourth-order valence-electron chi connectivity index (χ4n) is 2.58. The predicted octanol–water partition coefficient (Wildman–Crippen LogP) is 2.28. The SMILES string of the molecule is CC1Oc2ccc(C(=O)O)cc2N(CC(=O)Nc2ccc(F)cc2)C1=O. The number of aromatic carboxylic acids is 1. The zero-order valence-corrected chi connectivity index (χ0v) is 13.7. The molecule has 1 unspecified atom stereocenters. The number of nitrogens with zero attached hydrogens (tertiary/aromatic N) is 1. The van der Waals surface area contributed by atoms with E-state index >= 15 is 0 Å². The van der Waals surface area contributed by atoms with Crippen LogP contribution in [0.2, 0.25) is 0 Å². The molecule has 26 heavy (non-hydrogen) atoms. The molecule has 134 valence electrons. The van der Waals surface area contributed by atoms with E-state index in [4.69, 9.17) is 9.84 Å². The van der Waals surface area contributed by atoms with Gasteiger partial charge in [-0.05, 0) is 49.4 Å². The quantitative estimate of drug-likeness (QED) is 0.874. The number of hydrogen-bond donors (Lipinski definition) is 2. The van der Waals surface area contributed by atoms with Crippen LogP contribution in [0.25, 0.3) is 0 Å². The van der Waals surface area contributed by atoms with Crippen molar-refractivity contribution >= 4 is 29.2 Å². The molecule has 2 amide bonds. The van der Waals surface area contributed by atoms with Crippen molar-refractivity contribution < 1.29 is 28.6 Å². The summed E-state index contributed by atoms with van der Waals surface area (Å²) < 4.78 is 18.4. The molecule has 0 radical (unpaired) electrons. The summed E-state index contributed by atoms with van der Waals surface area (Å²) in [6.45, 7) is 1.21. The molecule has 8 heteroatoms. The molecule has 1 aliphatic rings. The smallest absolute Gasteiger partial charge is 0.335 e. The van der Waals surface area contributed by atoms with Crippen molar-refractivity contribution in [1.29, 1.82) is 0 Å². The van der Waals surface area contributed by atoms with Crippen LogP contribution in [0.5, 0.6) is 5.75 Å². The molecule has 7 nitrogen and oxygen atoms in total. The lowest BCUT2D eigenvalue weighted by atomic mass is 10.1. The molecule has 0 fully saturated rings. The highest BCUT2D eigenvalue weighted by atomic mass is 19.1. The lowest BCUT2D eigenvalue weighted by Gasteiger charge is -2.32. The van der Waals surface area contributed by atoms with Gasteiger partial charge in [-0.25, -0.2) is 9.18 Å². The molecule has 0 spiro atoms. The molecule has 1 heterocycles. The Morgan fingerprint density at radius 1 is 1.23 bits per heavy atom. The van der Waals surface area contributed by atoms with E-state index in [9.17, 15) is 18.8 Å². The normalized spacial score (nSPS) is 15.8. The molecular formula is C18H15FN2O5. The Morgan fingerprint density at radius 3 is 2.58 bits per heavy atom. The summed E-state index contributed by atoms with van der Waals surface area (Å²) in [4.78, 5) is 37.1. The zero-order chi connectivity index (χ0) is 18.8. The Morgan fingerprint density at radius 2 is 1.92 bits per heavy atom. The number of nitrogens with one attached hydrogen (secondary N) is 1. The van der Waals surface area contributed by atoms with Crippen molar-refractivity contribution in [2.24, 2.45) is 0 Å². The highest BCUT2D eigenvalue weighted by Gasteiger charge is 2.33. The van der Waals surface area contributed by atoms with Gasteiger partial charge in [-0.15, -0.1) is 0 Å². The molecular weight excluding hydrogens is 343 g/mol. The van der Waals surface area contributed by atoms with Gasteiger partial charge in [0.15, 0.2) is 6.10 Å². The summed E-state index contributed by atoms with van der Waals surface area (Å²) in [7, 11) is 0.